The van der Waals surface area contributed by atoms with Crippen LogP contribution in [0.25, 0.3) is 0 Å². The lowest BCUT2D eigenvalue weighted by Gasteiger charge is -1.94. The van der Waals surface area contributed by atoms with E-state index in [1.165, 1.54) is 12.4 Å². The number of aromatic nitrogens is 2. The van der Waals surface area contributed by atoms with Gasteiger partial charge in [0.1, 0.15) is 6.07 Å². The second-order valence-electron chi connectivity index (χ2n) is 1.83. The molecule has 0 saturated heterocycles. The molecule has 0 unspecified atom stereocenters. The smallest absolute Gasteiger partial charge is 0.423 e. The van der Waals surface area contributed by atoms with Crippen LogP contribution < -0.4 is 5.46 Å². The maximum absolute atomic E-state index is 8.58. The van der Waals surface area contributed by atoms with Crippen LogP contribution in [-0.4, -0.2) is 27.1 Å². The lowest BCUT2D eigenvalue weighted by Crippen LogP contribution is -2.30. The van der Waals surface area contributed by atoms with Crippen molar-refractivity contribution in [1.29, 1.82) is 5.26 Å². The van der Waals surface area contributed by atoms with E-state index in [2.05, 4.69) is 9.97 Å². The average Bonchev–Trinajstić information content (AvgIpc) is 2.05. The Morgan fingerprint density at radius 1 is 1.36 bits per heavy atom. The number of rotatable bonds is 1. The predicted molar refractivity (Wildman–Crippen MR) is 36.6 cm³/mol. The van der Waals surface area contributed by atoms with E-state index in [-0.39, 0.29) is 11.3 Å². The zero-order chi connectivity index (χ0) is 8.27. The standard InChI is InChI=1S/C5H4BN3O2/c7-1-5-8-2-4(3-9-5)6(10)11/h2-3,10-11H. The van der Waals surface area contributed by atoms with Crippen molar-refractivity contribution >= 4 is 12.6 Å². The molecule has 0 spiro atoms. The first kappa shape index (κ1) is 7.66. The van der Waals surface area contributed by atoms with Crippen LogP contribution in [0.2, 0.25) is 0 Å². The molecule has 1 heterocycles. The number of nitriles is 1. The molecule has 6 heteroatoms. The molecule has 0 radical (unpaired) electrons. The highest BCUT2D eigenvalue weighted by molar-refractivity contribution is 6.58. The highest BCUT2D eigenvalue weighted by Crippen LogP contribution is 1.81. The predicted octanol–water partition coefficient (Wildman–Crippen LogP) is -1.97. The van der Waals surface area contributed by atoms with Crippen molar-refractivity contribution in [2.75, 3.05) is 0 Å². The molecule has 1 aromatic rings. The zero-order valence-corrected chi connectivity index (χ0v) is 5.47. The minimum Gasteiger partial charge on any atom is -0.423 e. The van der Waals surface area contributed by atoms with E-state index in [1.807, 2.05) is 0 Å². The van der Waals surface area contributed by atoms with Gasteiger partial charge in [0.05, 0.1) is 0 Å². The molecule has 1 rings (SSSR count). The van der Waals surface area contributed by atoms with Crippen molar-refractivity contribution in [2.24, 2.45) is 0 Å². The summed E-state index contributed by atoms with van der Waals surface area (Å²) in [5.41, 5.74) is 0.170. The fourth-order valence-corrected chi connectivity index (χ4v) is 0.529. The van der Waals surface area contributed by atoms with Crippen LogP contribution in [0.1, 0.15) is 5.82 Å². The van der Waals surface area contributed by atoms with Crippen LogP contribution in [0.5, 0.6) is 0 Å². The van der Waals surface area contributed by atoms with E-state index in [4.69, 9.17) is 15.3 Å². The molecule has 5 nitrogen and oxygen atoms in total. The molecular formula is C5H4BN3O2. The van der Waals surface area contributed by atoms with Crippen LogP contribution in [0.4, 0.5) is 0 Å². The highest BCUT2D eigenvalue weighted by Gasteiger charge is 2.10. The molecule has 1 aromatic heterocycles. The maximum Gasteiger partial charge on any atom is 0.491 e. The van der Waals surface area contributed by atoms with Crippen LogP contribution in [0.15, 0.2) is 12.4 Å². The van der Waals surface area contributed by atoms with Crippen molar-refractivity contribution in [2.45, 2.75) is 0 Å². The lowest BCUT2D eigenvalue weighted by molar-refractivity contribution is 0.425. The monoisotopic (exact) mass is 149 g/mol. The number of nitrogens with zero attached hydrogens (tertiary/aromatic N) is 3. The first-order valence-electron chi connectivity index (χ1n) is 2.82. The Labute approximate surface area is 63.1 Å². The zero-order valence-electron chi connectivity index (χ0n) is 5.47. The third-order valence-corrected chi connectivity index (χ3v) is 1.07. The van der Waals surface area contributed by atoms with E-state index >= 15 is 0 Å². The van der Waals surface area contributed by atoms with Crippen molar-refractivity contribution in [3.8, 4) is 6.07 Å². The van der Waals surface area contributed by atoms with E-state index < -0.39 is 7.12 Å². The molecule has 0 bridgehead atoms. The average molecular weight is 149 g/mol. The highest BCUT2D eigenvalue weighted by atomic mass is 16.4. The van der Waals surface area contributed by atoms with Crippen LogP contribution in [-0.2, 0) is 0 Å². The Morgan fingerprint density at radius 3 is 2.27 bits per heavy atom. The van der Waals surface area contributed by atoms with E-state index in [9.17, 15) is 0 Å². The van der Waals surface area contributed by atoms with E-state index in [0.29, 0.717) is 0 Å². The molecule has 54 valence electrons. The molecule has 0 aromatic carbocycles. The Kier molecular flexibility index (Phi) is 2.16. The number of hydrogen-bond acceptors (Lipinski definition) is 5. The molecule has 0 aliphatic rings. The van der Waals surface area contributed by atoms with Gasteiger partial charge >= 0.3 is 7.12 Å². The number of hydrogen-bond donors (Lipinski definition) is 2. The van der Waals surface area contributed by atoms with Gasteiger partial charge in [-0.1, -0.05) is 0 Å². The summed E-state index contributed by atoms with van der Waals surface area (Å²) < 4.78 is 0. The summed E-state index contributed by atoms with van der Waals surface area (Å²) >= 11 is 0. The summed E-state index contributed by atoms with van der Waals surface area (Å²) in [6.45, 7) is 0. The topological polar surface area (TPSA) is 90.0 Å². The van der Waals surface area contributed by atoms with Gasteiger partial charge in [0, 0.05) is 17.9 Å². The molecule has 0 aliphatic heterocycles. The van der Waals surface area contributed by atoms with Gasteiger partial charge in [-0.25, -0.2) is 9.97 Å². The summed E-state index contributed by atoms with van der Waals surface area (Å²) in [7, 11) is -1.58. The molecule has 0 atom stereocenters. The summed E-state index contributed by atoms with van der Waals surface area (Å²) in [5.74, 6) is 0.00870. The molecule has 0 aliphatic carbocycles. The third-order valence-electron chi connectivity index (χ3n) is 1.07. The van der Waals surface area contributed by atoms with Gasteiger partial charge in [-0.2, -0.15) is 5.26 Å². The normalized spacial score (nSPS) is 8.82. The Bertz CT molecular complexity index is 279. The largest absolute Gasteiger partial charge is 0.491 e. The van der Waals surface area contributed by atoms with Gasteiger partial charge in [-0.15, -0.1) is 0 Å². The minimum absolute atomic E-state index is 0.00870. The summed E-state index contributed by atoms with van der Waals surface area (Å²) in [6.07, 6.45) is 2.38. The Hall–Kier alpha value is -1.45. The van der Waals surface area contributed by atoms with E-state index in [0.717, 1.165) is 0 Å². The first-order chi connectivity index (χ1) is 5.24. The van der Waals surface area contributed by atoms with E-state index in [1.54, 1.807) is 6.07 Å². The SMILES string of the molecule is N#Cc1ncc(B(O)O)cn1. The third kappa shape index (κ3) is 1.74. The fraction of sp³-hybridized carbons (Fsp3) is 0. The van der Waals surface area contributed by atoms with Crippen molar-refractivity contribution in [3.63, 3.8) is 0 Å². The van der Waals surface area contributed by atoms with Gasteiger partial charge in [-0.05, 0) is 0 Å². The van der Waals surface area contributed by atoms with Crippen LogP contribution in [0.3, 0.4) is 0 Å². The lowest BCUT2D eigenvalue weighted by atomic mass is 9.83. The molecule has 0 amide bonds. The molecular weight excluding hydrogens is 145 g/mol. The summed E-state index contributed by atoms with van der Waals surface area (Å²) in [5, 5.41) is 25.4. The summed E-state index contributed by atoms with van der Waals surface area (Å²) in [6, 6.07) is 1.71. The fourth-order valence-electron chi connectivity index (χ4n) is 0.529. The van der Waals surface area contributed by atoms with Gasteiger partial charge in [0.25, 0.3) is 0 Å². The first-order valence-corrected chi connectivity index (χ1v) is 2.82. The van der Waals surface area contributed by atoms with Crippen molar-refractivity contribution < 1.29 is 10.0 Å². The van der Waals surface area contributed by atoms with Gasteiger partial charge in [0.2, 0.25) is 5.82 Å². The van der Waals surface area contributed by atoms with Crippen molar-refractivity contribution in [1.82, 2.24) is 9.97 Å². The maximum atomic E-state index is 8.58. The van der Waals surface area contributed by atoms with Crippen LogP contribution in [0, 0.1) is 11.3 Å². The minimum atomic E-state index is -1.58. The van der Waals surface area contributed by atoms with Gasteiger partial charge < -0.3 is 10.0 Å². The van der Waals surface area contributed by atoms with Gasteiger partial charge in [0.15, 0.2) is 0 Å². The van der Waals surface area contributed by atoms with Crippen LogP contribution >= 0.6 is 0 Å². The molecule has 11 heavy (non-hydrogen) atoms. The quantitative estimate of drug-likeness (QED) is 0.452. The summed E-state index contributed by atoms with van der Waals surface area (Å²) in [4.78, 5) is 7.05. The Balaban J connectivity index is 2.94. The molecule has 2 N–H and O–H groups in total. The van der Waals surface area contributed by atoms with Crippen molar-refractivity contribution in [3.05, 3.63) is 18.2 Å². The molecule has 0 fully saturated rings. The Morgan fingerprint density at radius 2 is 1.91 bits per heavy atom. The van der Waals surface area contributed by atoms with Gasteiger partial charge in [-0.3, -0.25) is 0 Å². The second-order valence-corrected chi connectivity index (χ2v) is 1.83. The molecule has 0 saturated carbocycles. The second kappa shape index (κ2) is 3.10.